The summed E-state index contributed by atoms with van der Waals surface area (Å²) in [6.07, 6.45) is 4.69. The van der Waals surface area contributed by atoms with Crippen molar-refractivity contribution in [3.63, 3.8) is 0 Å². The minimum Gasteiger partial charge on any atom is -0.756 e. The van der Waals surface area contributed by atoms with Crippen molar-refractivity contribution in [2.24, 2.45) is 0 Å². The fourth-order valence-electron chi connectivity index (χ4n) is 4.22. The summed E-state index contributed by atoms with van der Waals surface area (Å²) >= 11 is 0. The molecule has 4 aromatic rings. The molecule has 0 aliphatic carbocycles. The van der Waals surface area contributed by atoms with Gasteiger partial charge in [-0.1, -0.05) is 121 Å². The van der Waals surface area contributed by atoms with E-state index in [1.54, 1.807) is 0 Å². The van der Waals surface area contributed by atoms with Gasteiger partial charge in [-0.15, -0.1) is 0 Å². The van der Waals surface area contributed by atoms with Crippen molar-refractivity contribution in [2.75, 3.05) is 0 Å². The van der Waals surface area contributed by atoms with Crippen molar-refractivity contribution < 1.29 is 19.2 Å². The molecule has 4 nitrogen and oxygen atoms in total. The van der Waals surface area contributed by atoms with Crippen molar-refractivity contribution in [3.8, 4) is 0 Å². The quantitative estimate of drug-likeness (QED) is 0.285. The molecule has 176 valence electrons. The first-order valence-corrected chi connectivity index (χ1v) is 15.1. The van der Waals surface area contributed by atoms with Crippen molar-refractivity contribution in [3.05, 3.63) is 144 Å². The van der Waals surface area contributed by atoms with Crippen LogP contribution in [0.5, 0.6) is 0 Å². The van der Waals surface area contributed by atoms with E-state index in [0.717, 1.165) is 0 Å². The van der Waals surface area contributed by atoms with Crippen LogP contribution in [0.15, 0.2) is 121 Å². The smallest absolute Gasteiger partial charge is 0.262 e. The Bertz CT molecular complexity index is 968. The van der Waals surface area contributed by atoms with E-state index in [-0.39, 0.29) is 0 Å². The minimum atomic E-state index is -4.89. The van der Waals surface area contributed by atoms with Gasteiger partial charge in [0.2, 0.25) is 0 Å². The van der Waals surface area contributed by atoms with Crippen LogP contribution in [0.2, 0.25) is 0 Å². The Morgan fingerprint density at radius 3 is 0.853 bits per heavy atom. The lowest BCUT2D eigenvalue weighted by Crippen LogP contribution is -2.08. The molecular weight excluding hydrogens is 462 g/mol. The van der Waals surface area contributed by atoms with Crippen molar-refractivity contribution >= 4 is 15.1 Å². The molecule has 6 heteroatoms. The Labute approximate surface area is 202 Å². The molecule has 0 saturated heterocycles. The van der Waals surface area contributed by atoms with Crippen LogP contribution in [-0.4, -0.2) is 9.79 Å². The Morgan fingerprint density at radius 1 is 0.500 bits per heavy atom. The van der Waals surface area contributed by atoms with Gasteiger partial charge in [0.05, 0.1) is 24.6 Å². The highest BCUT2D eigenvalue weighted by molar-refractivity contribution is 7.72. The van der Waals surface area contributed by atoms with Crippen LogP contribution in [0, 0.1) is 0 Å². The number of benzene rings is 4. The highest BCUT2D eigenvalue weighted by Gasteiger charge is 2.38. The third-order valence-electron chi connectivity index (χ3n) is 5.44. The lowest BCUT2D eigenvalue weighted by molar-refractivity contribution is -0.214. The molecule has 2 N–H and O–H groups in total. The number of hydrogen-bond donors (Lipinski definition) is 2. The fourth-order valence-corrected chi connectivity index (χ4v) is 8.83. The molecule has 0 saturated carbocycles. The number of phosphoric acid groups is 1. The third-order valence-corrected chi connectivity index (χ3v) is 9.59. The second kappa shape index (κ2) is 12.8. The van der Waals surface area contributed by atoms with Crippen LogP contribution in [0.1, 0.15) is 22.3 Å². The Balaban J connectivity index is 0.000000588. The largest absolute Gasteiger partial charge is 0.756 e. The molecule has 34 heavy (non-hydrogen) atoms. The van der Waals surface area contributed by atoms with Crippen LogP contribution in [0.25, 0.3) is 0 Å². The summed E-state index contributed by atoms with van der Waals surface area (Å²) in [5, 5.41) is 0. The molecule has 4 rings (SSSR count). The maximum Gasteiger partial charge on any atom is 0.262 e. The third kappa shape index (κ3) is 9.73. The van der Waals surface area contributed by atoms with Crippen molar-refractivity contribution in [1.29, 1.82) is 0 Å². The normalized spacial score (nSPS) is 11.4. The molecule has 0 aromatic heterocycles. The summed E-state index contributed by atoms with van der Waals surface area (Å²) in [7, 11) is -6.27. The van der Waals surface area contributed by atoms with Crippen LogP contribution in [-0.2, 0) is 29.2 Å². The van der Waals surface area contributed by atoms with Gasteiger partial charge in [-0.25, -0.2) is 0 Å². The lowest BCUT2D eigenvalue weighted by atomic mass is 10.2. The molecule has 0 amide bonds. The van der Waals surface area contributed by atoms with Gasteiger partial charge < -0.3 is 14.7 Å². The second-order valence-electron chi connectivity index (χ2n) is 8.41. The molecule has 0 radical (unpaired) electrons. The molecule has 0 aliphatic rings. The van der Waals surface area contributed by atoms with Crippen molar-refractivity contribution in [2.45, 2.75) is 24.6 Å². The van der Waals surface area contributed by atoms with E-state index >= 15 is 0 Å². The number of hydrogen-bond acceptors (Lipinski definition) is 2. The SMILES string of the molecule is O=P([O-])(O)O.c1ccc(C[P+](Cc2ccccc2)(Cc2ccccc2)Cc2ccccc2)cc1. The van der Waals surface area contributed by atoms with E-state index in [4.69, 9.17) is 19.2 Å². The maximum atomic E-state index is 8.77. The summed E-state index contributed by atoms with van der Waals surface area (Å²) in [5.41, 5.74) is 5.85. The zero-order valence-corrected chi connectivity index (χ0v) is 20.8. The van der Waals surface area contributed by atoms with E-state index in [1.165, 1.54) is 46.9 Å². The average Bonchev–Trinajstić information content (AvgIpc) is 2.80. The predicted octanol–water partition coefficient (Wildman–Crippen LogP) is 6.24. The summed E-state index contributed by atoms with van der Waals surface area (Å²) in [6, 6.07) is 44.3. The lowest BCUT2D eigenvalue weighted by Gasteiger charge is -2.29. The maximum absolute atomic E-state index is 8.77. The van der Waals surface area contributed by atoms with Crippen LogP contribution in [0.3, 0.4) is 0 Å². The molecule has 0 unspecified atom stereocenters. The molecule has 0 atom stereocenters. The molecule has 0 bridgehead atoms. The molecule has 0 heterocycles. The van der Waals surface area contributed by atoms with E-state index in [0.29, 0.717) is 0 Å². The van der Waals surface area contributed by atoms with Gasteiger partial charge >= 0.3 is 0 Å². The highest BCUT2D eigenvalue weighted by Crippen LogP contribution is 2.68. The molecule has 0 spiro atoms. The van der Waals surface area contributed by atoms with Gasteiger partial charge in [0.1, 0.15) is 0 Å². The van der Waals surface area contributed by atoms with Gasteiger partial charge in [-0.3, -0.25) is 4.57 Å². The Hall–Kier alpha value is -2.58. The molecular formula is C28H30O4P2. The van der Waals surface area contributed by atoms with Crippen LogP contribution in [0.4, 0.5) is 0 Å². The molecule has 4 aromatic carbocycles. The van der Waals surface area contributed by atoms with E-state index in [2.05, 4.69) is 121 Å². The van der Waals surface area contributed by atoms with Crippen molar-refractivity contribution in [1.82, 2.24) is 0 Å². The predicted molar refractivity (Wildman–Crippen MR) is 140 cm³/mol. The first kappa shape index (κ1) is 26.0. The second-order valence-corrected chi connectivity index (χ2v) is 13.3. The van der Waals surface area contributed by atoms with Gasteiger partial charge in [-0.05, 0) is 22.3 Å². The van der Waals surface area contributed by atoms with Gasteiger partial charge in [-0.2, -0.15) is 0 Å². The summed E-state index contributed by atoms with van der Waals surface area (Å²) < 4.78 is 8.77. The van der Waals surface area contributed by atoms with Crippen LogP contribution < -0.4 is 4.89 Å². The highest BCUT2D eigenvalue weighted by atomic mass is 31.2. The number of rotatable bonds is 8. The summed E-state index contributed by atoms with van der Waals surface area (Å²) in [4.78, 5) is 22.9. The zero-order valence-electron chi connectivity index (χ0n) is 19.0. The average molecular weight is 492 g/mol. The van der Waals surface area contributed by atoms with E-state index in [9.17, 15) is 0 Å². The molecule has 0 aliphatic heterocycles. The van der Waals surface area contributed by atoms with Crippen LogP contribution >= 0.6 is 15.1 Å². The fraction of sp³-hybridized carbons (Fsp3) is 0.143. The van der Waals surface area contributed by atoms with Gasteiger partial charge in [0.25, 0.3) is 7.82 Å². The van der Waals surface area contributed by atoms with E-state index < -0.39 is 15.1 Å². The zero-order chi connectivity index (χ0) is 24.3. The standard InChI is InChI=1S/C28H28P.H3O4P/c1-5-13-25(14-6-1)21-29(22-26-15-7-2-8-16-26,23-27-17-9-3-10-18-27)24-28-19-11-4-12-20-28;1-5(2,3)4/h1-20H,21-24H2;(H3,1,2,3,4)/q+1;/p-1. The van der Waals surface area contributed by atoms with E-state index in [1.807, 2.05) is 0 Å². The molecule has 0 fully saturated rings. The first-order valence-electron chi connectivity index (χ1n) is 11.1. The summed E-state index contributed by atoms with van der Waals surface area (Å²) in [6.45, 7) is 0. The Kier molecular flexibility index (Phi) is 9.77. The monoisotopic (exact) mass is 492 g/mol. The Morgan fingerprint density at radius 2 is 0.676 bits per heavy atom. The van der Waals surface area contributed by atoms with Gasteiger partial charge in [0.15, 0.2) is 0 Å². The minimum absolute atomic E-state index is 1.17. The first-order chi connectivity index (χ1) is 16.3. The topological polar surface area (TPSA) is 80.6 Å². The van der Waals surface area contributed by atoms with Gasteiger partial charge in [0, 0.05) is 7.26 Å². The summed E-state index contributed by atoms with van der Waals surface area (Å²) in [5.74, 6) is 0.